The fourth-order valence-electron chi connectivity index (χ4n) is 1.08. The maximum atomic E-state index is 11.6. The van der Waals surface area contributed by atoms with Crippen molar-refractivity contribution in [2.75, 3.05) is 7.05 Å². The summed E-state index contributed by atoms with van der Waals surface area (Å²) in [6.07, 6.45) is 3.58. The number of hydrogen-bond acceptors (Lipinski definition) is 1. The molecule has 0 radical (unpaired) electrons. The molecule has 0 aliphatic carbocycles. The Morgan fingerprint density at radius 3 is 2.46 bits per heavy atom. The van der Waals surface area contributed by atoms with Crippen LogP contribution in [0.4, 0.5) is 0 Å². The van der Waals surface area contributed by atoms with Crippen LogP contribution in [-0.4, -0.2) is 17.9 Å². The molecule has 2 heteroatoms. The van der Waals surface area contributed by atoms with E-state index in [4.69, 9.17) is 0 Å². The van der Waals surface area contributed by atoms with Crippen LogP contribution in [0.2, 0.25) is 0 Å². The van der Waals surface area contributed by atoms with Crippen LogP contribution in [0.25, 0.3) is 0 Å². The minimum atomic E-state index is 0.0127. The number of benzene rings is 1. The number of allylic oxidation sites excluding steroid dienone is 1. The van der Waals surface area contributed by atoms with Crippen molar-refractivity contribution in [2.45, 2.75) is 6.92 Å². The number of carbonyl (C=O) groups excluding carboxylic acids is 1. The second kappa shape index (κ2) is 4.45. The van der Waals surface area contributed by atoms with Gasteiger partial charge in [0.1, 0.15) is 0 Å². The van der Waals surface area contributed by atoms with E-state index >= 15 is 0 Å². The lowest BCUT2D eigenvalue weighted by molar-refractivity contribution is 0.0850. The van der Waals surface area contributed by atoms with Crippen LogP contribution in [0.3, 0.4) is 0 Å². The molecule has 0 saturated heterocycles. The van der Waals surface area contributed by atoms with E-state index in [0.717, 1.165) is 0 Å². The van der Waals surface area contributed by atoms with Crippen LogP contribution < -0.4 is 0 Å². The summed E-state index contributed by atoms with van der Waals surface area (Å²) in [5.41, 5.74) is 0.711. The van der Waals surface area contributed by atoms with Gasteiger partial charge >= 0.3 is 0 Å². The van der Waals surface area contributed by atoms with Crippen LogP contribution in [0.1, 0.15) is 17.3 Å². The molecule has 0 bridgehead atoms. The van der Waals surface area contributed by atoms with Gasteiger partial charge in [-0.05, 0) is 19.1 Å². The zero-order valence-corrected chi connectivity index (χ0v) is 7.90. The first-order chi connectivity index (χ1) is 6.25. The summed E-state index contributed by atoms with van der Waals surface area (Å²) in [6.45, 7) is 1.88. The molecule has 1 aromatic rings. The molecule has 2 nitrogen and oxygen atoms in total. The van der Waals surface area contributed by atoms with Gasteiger partial charge < -0.3 is 4.90 Å². The summed E-state index contributed by atoms with van der Waals surface area (Å²) < 4.78 is 0. The van der Waals surface area contributed by atoms with Gasteiger partial charge in [-0.15, -0.1) is 0 Å². The third kappa shape index (κ3) is 2.44. The van der Waals surface area contributed by atoms with E-state index in [-0.39, 0.29) is 5.91 Å². The SMILES string of the molecule is C/C=C/N(C)C(=O)c1ccccc1. The lowest BCUT2D eigenvalue weighted by atomic mass is 10.2. The summed E-state index contributed by atoms with van der Waals surface area (Å²) in [7, 11) is 1.75. The lowest BCUT2D eigenvalue weighted by Gasteiger charge is -2.10. The molecule has 13 heavy (non-hydrogen) atoms. The topological polar surface area (TPSA) is 20.3 Å². The second-order valence-electron chi connectivity index (χ2n) is 2.76. The molecule has 0 aliphatic rings. The Morgan fingerprint density at radius 1 is 1.31 bits per heavy atom. The summed E-state index contributed by atoms with van der Waals surface area (Å²) in [5.74, 6) is 0.0127. The molecule has 0 fully saturated rings. The van der Waals surface area contributed by atoms with Gasteiger partial charge in [-0.25, -0.2) is 0 Å². The Labute approximate surface area is 78.5 Å². The van der Waals surface area contributed by atoms with Crippen molar-refractivity contribution >= 4 is 5.91 Å². The first-order valence-corrected chi connectivity index (χ1v) is 4.20. The standard InChI is InChI=1S/C11H13NO/c1-3-9-12(2)11(13)10-7-5-4-6-8-10/h3-9H,1-2H3/b9-3+. The maximum Gasteiger partial charge on any atom is 0.257 e. The number of amides is 1. The fourth-order valence-corrected chi connectivity index (χ4v) is 1.08. The minimum Gasteiger partial charge on any atom is -0.318 e. The molecule has 1 aromatic carbocycles. The molecule has 68 valence electrons. The zero-order valence-electron chi connectivity index (χ0n) is 7.90. The van der Waals surface area contributed by atoms with Gasteiger partial charge in [0.05, 0.1) is 0 Å². The third-order valence-corrected chi connectivity index (χ3v) is 1.71. The molecule has 0 aromatic heterocycles. The van der Waals surface area contributed by atoms with Gasteiger partial charge in [0, 0.05) is 18.8 Å². The molecule has 0 heterocycles. The molecule has 0 atom stereocenters. The summed E-state index contributed by atoms with van der Waals surface area (Å²) in [6, 6.07) is 9.23. The Morgan fingerprint density at radius 2 is 1.92 bits per heavy atom. The summed E-state index contributed by atoms with van der Waals surface area (Å²) in [4.78, 5) is 13.2. The van der Waals surface area contributed by atoms with E-state index in [9.17, 15) is 4.79 Å². The van der Waals surface area contributed by atoms with Gasteiger partial charge in [-0.3, -0.25) is 4.79 Å². The predicted molar refractivity (Wildman–Crippen MR) is 53.3 cm³/mol. The number of rotatable bonds is 2. The highest BCUT2D eigenvalue weighted by atomic mass is 16.2. The normalized spacial score (nSPS) is 10.3. The predicted octanol–water partition coefficient (Wildman–Crippen LogP) is 2.29. The van der Waals surface area contributed by atoms with Crippen molar-refractivity contribution in [2.24, 2.45) is 0 Å². The Kier molecular flexibility index (Phi) is 3.26. The van der Waals surface area contributed by atoms with E-state index in [1.807, 2.05) is 43.3 Å². The van der Waals surface area contributed by atoms with Gasteiger partial charge in [0.25, 0.3) is 5.91 Å². The van der Waals surface area contributed by atoms with Crippen molar-refractivity contribution in [3.63, 3.8) is 0 Å². The van der Waals surface area contributed by atoms with Crippen molar-refractivity contribution in [3.05, 3.63) is 48.2 Å². The largest absolute Gasteiger partial charge is 0.318 e. The highest BCUT2D eigenvalue weighted by Gasteiger charge is 2.06. The minimum absolute atomic E-state index is 0.0127. The Bertz CT molecular complexity index is 303. The van der Waals surface area contributed by atoms with Crippen LogP contribution in [0.15, 0.2) is 42.6 Å². The summed E-state index contributed by atoms with van der Waals surface area (Å²) >= 11 is 0. The molecule has 0 spiro atoms. The van der Waals surface area contributed by atoms with Gasteiger partial charge in [-0.1, -0.05) is 24.3 Å². The van der Waals surface area contributed by atoms with Crippen molar-refractivity contribution in [1.82, 2.24) is 4.90 Å². The maximum absolute atomic E-state index is 11.6. The quantitative estimate of drug-likeness (QED) is 0.675. The van der Waals surface area contributed by atoms with Gasteiger partial charge in [0.15, 0.2) is 0 Å². The van der Waals surface area contributed by atoms with E-state index in [1.54, 1.807) is 18.1 Å². The highest BCUT2D eigenvalue weighted by Crippen LogP contribution is 2.02. The molecule has 1 amide bonds. The smallest absolute Gasteiger partial charge is 0.257 e. The third-order valence-electron chi connectivity index (χ3n) is 1.71. The summed E-state index contributed by atoms with van der Waals surface area (Å²) in [5, 5.41) is 0. The van der Waals surface area contributed by atoms with E-state index < -0.39 is 0 Å². The number of hydrogen-bond donors (Lipinski definition) is 0. The molecule has 0 saturated carbocycles. The monoisotopic (exact) mass is 175 g/mol. The lowest BCUT2D eigenvalue weighted by Crippen LogP contribution is -2.20. The Balaban J connectivity index is 2.80. The van der Waals surface area contributed by atoms with Crippen LogP contribution in [0.5, 0.6) is 0 Å². The van der Waals surface area contributed by atoms with Crippen molar-refractivity contribution < 1.29 is 4.79 Å². The highest BCUT2D eigenvalue weighted by molar-refractivity contribution is 5.94. The average molecular weight is 175 g/mol. The first-order valence-electron chi connectivity index (χ1n) is 4.20. The van der Waals surface area contributed by atoms with Crippen LogP contribution >= 0.6 is 0 Å². The van der Waals surface area contributed by atoms with E-state index in [0.29, 0.717) is 5.56 Å². The van der Waals surface area contributed by atoms with E-state index in [2.05, 4.69) is 0 Å². The number of carbonyl (C=O) groups is 1. The van der Waals surface area contributed by atoms with Gasteiger partial charge in [-0.2, -0.15) is 0 Å². The number of nitrogens with zero attached hydrogens (tertiary/aromatic N) is 1. The first kappa shape index (κ1) is 9.52. The molecule has 0 aliphatic heterocycles. The van der Waals surface area contributed by atoms with Crippen LogP contribution in [-0.2, 0) is 0 Å². The molecular formula is C11H13NO. The second-order valence-corrected chi connectivity index (χ2v) is 2.76. The van der Waals surface area contributed by atoms with E-state index in [1.165, 1.54) is 0 Å². The molecular weight excluding hydrogens is 162 g/mol. The molecule has 0 N–H and O–H groups in total. The van der Waals surface area contributed by atoms with Crippen molar-refractivity contribution in [3.8, 4) is 0 Å². The molecule has 1 rings (SSSR count). The zero-order chi connectivity index (χ0) is 9.68. The van der Waals surface area contributed by atoms with Gasteiger partial charge in [0.2, 0.25) is 0 Å². The fraction of sp³-hybridized carbons (Fsp3) is 0.182. The van der Waals surface area contributed by atoms with Crippen LogP contribution in [0, 0.1) is 0 Å². The van der Waals surface area contributed by atoms with Crippen molar-refractivity contribution in [1.29, 1.82) is 0 Å². The Hall–Kier alpha value is -1.57. The average Bonchev–Trinajstić information content (AvgIpc) is 2.18. The molecule has 0 unspecified atom stereocenters.